The molecule has 0 aliphatic heterocycles. The first kappa shape index (κ1) is 12.9. The zero-order chi connectivity index (χ0) is 14.0. The molecule has 0 aliphatic rings. The molecule has 0 atom stereocenters. The fraction of sp³-hybridized carbons (Fsp3) is 0.0769. The van der Waals surface area contributed by atoms with E-state index in [1.165, 1.54) is 18.3 Å². The molecule has 1 aromatic heterocycles. The summed E-state index contributed by atoms with van der Waals surface area (Å²) in [5.74, 6) is -1.75. The molecule has 0 saturated carbocycles. The van der Waals surface area contributed by atoms with Gasteiger partial charge >= 0.3 is 0 Å². The molecule has 0 spiro atoms. The van der Waals surface area contributed by atoms with Gasteiger partial charge in [0.25, 0.3) is 5.56 Å². The number of aromatic nitrogens is 1. The van der Waals surface area contributed by atoms with Crippen LogP contribution in [0, 0.1) is 18.6 Å². The lowest BCUT2D eigenvalue weighted by molar-refractivity contribution is 0.508. The van der Waals surface area contributed by atoms with E-state index in [4.69, 9.17) is 5.73 Å². The summed E-state index contributed by atoms with van der Waals surface area (Å²) < 4.78 is 26.7. The van der Waals surface area contributed by atoms with Gasteiger partial charge in [0.2, 0.25) is 0 Å². The predicted octanol–water partition coefficient (Wildman–Crippen LogP) is 1.90. The van der Waals surface area contributed by atoms with E-state index in [1.807, 2.05) is 0 Å². The van der Waals surface area contributed by atoms with Crippen molar-refractivity contribution in [2.75, 3.05) is 5.73 Å². The summed E-state index contributed by atoms with van der Waals surface area (Å²) in [5, 5.41) is 3.85. The molecular weight excluding hydrogens is 252 g/mol. The Kier molecular flexibility index (Phi) is 3.41. The normalized spacial score (nSPS) is 11.1. The summed E-state index contributed by atoms with van der Waals surface area (Å²) in [5.41, 5.74) is 6.31. The average molecular weight is 263 g/mol. The number of nitrogens with two attached hydrogens (primary N) is 1. The highest BCUT2D eigenvalue weighted by Crippen LogP contribution is 2.07. The molecule has 0 radical (unpaired) electrons. The Hall–Kier alpha value is -2.50. The lowest BCUT2D eigenvalue weighted by atomic mass is 10.2. The van der Waals surface area contributed by atoms with Crippen LogP contribution in [0.15, 0.2) is 40.2 Å². The number of nitrogens with zero attached hydrogens (tertiary/aromatic N) is 2. The molecule has 0 aliphatic carbocycles. The molecule has 0 unspecified atom stereocenters. The Labute approximate surface area is 107 Å². The maximum absolute atomic E-state index is 13.0. The Balaban J connectivity index is 2.38. The molecule has 0 amide bonds. The van der Waals surface area contributed by atoms with E-state index < -0.39 is 17.2 Å². The van der Waals surface area contributed by atoms with Crippen LogP contribution in [0.5, 0.6) is 0 Å². The van der Waals surface area contributed by atoms with Gasteiger partial charge in [-0.25, -0.2) is 8.78 Å². The number of pyridine rings is 1. The summed E-state index contributed by atoms with van der Waals surface area (Å²) in [6.45, 7) is 1.74. The van der Waals surface area contributed by atoms with Gasteiger partial charge < -0.3 is 5.73 Å². The van der Waals surface area contributed by atoms with Crippen molar-refractivity contribution in [3.63, 3.8) is 0 Å². The van der Waals surface area contributed by atoms with Gasteiger partial charge in [-0.05, 0) is 36.2 Å². The monoisotopic (exact) mass is 263 g/mol. The van der Waals surface area contributed by atoms with Gasteiger partial charge in [0.05, 0.1) is 6.21 Å². The molecule has 6 heteroatoms. The fourth-order valence-electron chi connectivity index (χ4n) is 1.56. The van der Waals surface area contributed by atoms with Crippen LogP contribution in [-0.4, -0.2) is 10.9 Å². The van der Waals surface area contributed by atoms with E-state index in [-0.39, 0.29) is 5.82 Å². The number of halogens is 2. The highest BCUT2D eigenvalue weighted by Gasteiger charge is 2.02. The molecule has 1 heterocycles. The summed E-state index contributed by atoms with van der Waals surface area (Å²) in [6, 6.07) is 6.27. The number of anilines is 1. The van der Waals surface area contributed by atoms with Crippen LogP contribution in [0.25, 0.3) is 0 Å². The van der Waals surface area contributed by atoms with Gasteiger partial charge in [0.1, 0.15) is 5.82 Å². The van der Waals surface area contributed by atoms with Gasteiger partial charge in [-0.2, -0.15) is 9.78 Å². The number of hydrogen-bond acceptors (Lipinski definition) is 3. The van der Waals surface area contributed by atoms with Crippen LogP contribution >= 0.6 is 0 Å². The minimum absolute atomic E-state index is 0.170. The van der Waals surface area contributed by atoms with Crippen molar-refractivity contribution in [3.05, 3.63) is 63.4 Å². The van der Waals surface area contributed by atoms with Crippen molar-refractivity contribution in [2.45, 2.75) is 6.92 Å². The second kappa shape index (κ2) is 5.01. The first-order chi connectivity index (χ1) is 8.97. The number of aryl methyl sites for hydroxylation is 1. The second-order valence-corrected chi connectivity index (χ2v) is 4.03. The fourth-order valence-corrected chi connectivity index (χ4v) is 1.56. The van der Waals surface area contributed by atoms with Crippen molar-refractivity contribution in [2.24, 2.45) is 5.10 Å². The van der Waals surface area contributed by atoms with Gasteiger partial charge in [-0.3, -0.25) is 4.79 Å². The summed E-state index contributed by atoms with van der Waals surface area (Å²) >= 11 is 0. The van der Waals surface area contributed by atoms with Crippen LogP contribution in [-0.2, 0) is 0 Å². The lowest BCUT2D eigenvalue weighted by Crippen LogP contribution is -2.19. The molecule has 2 rings (SSSR count). The molecule has 98 valence electrons. The largest absolute Gasteiger partial charge is 0.384 e. The van der Waals surface area contributed by atoms with Gasteiger partial charge in [0, 0.05) is 6.07 Å². The quantitative estimate of drug-likeness (QED) is 0.841. The van der Waals surface area contributed by atoms with Crippen LogP contribution < -0.4 is 11.3 Å². The number of benzene rings is 1. The average Bonchev–Trinajstić information content (AvgIpc) is 2.32. The van der Waals surface area contributed by atoms with Crippen LogP contribution in [0.1, 0.15) is 11.1 Å². The minimum Gasteiger partial charge on any atom is -0.384 e. The van der Waals surface area contributed by atoms with Gasteiger partial charge in [-0.1, -0.05) is 6.07 Å². The number of rotatable bonds is 2. The second-order valence-electron chi connectivity index (χ2n) is 4.03. The molecule has 2 N–H and O–H groups in total. The number of nitrogen functional groups attached to an aromatic ring is 1. The smallest absolute Gasteiger partial charge is 0.273 e. The van der Waals surface area contributed by atoms with Crippen molar-refractivity contribution in [3.8, 4) is 0 Å². The Morgan fingerprint density at radius 1 is 1.21 bits per heavy atom. The molecule has 0 bridgehead atoms. The van der Waals surface area contributed by atoms with E-state index in [2.05, 4.69) is 5.10 Å². The van der Waals surface area contributed by atoms with E-state index in [0.29, 0.717) is 5.56 Å². The molecule has 2 aromatic rings. The Morgan fingerprint density at radius 3 is 2.58 bits per heavy atom. The zero-order valence-electron chi connectivity index (χ0n) is 10.1. The minimum atomic E-state index is -0.979. The maximum Gasteiger partial charge on any atom is 0.273 e. The summed E-state index contributed by atoms with van der Waals surface area (Å²) in [4.78, 5) is 11.6. The molecule has 1 aromatic carbocycles. The Morgan fingerprint density at radius 2 is 1.95 bits per heavy atom. The lowest BCUT2D eigenvalue weighted by Gasteiger charge is -2.03. The molecular formula is C13H11F2N3O. The van der Waals surface area contributed by atoms with Crippen LogP contribution in [0.2, 0.25) is 0 Å². The number of hydrogen-bond donors (Lipinski definition) is 1. The highest BCUT2D eigenvalue weighted by molar-refractivity contribution is 5.79. The molecule has 0 fully saturated rings. The third-order valence-corrected chi connectivity index (χ3v) is 2.45. The Bertz CT molecular complexity index is 708. The van der Waals surface area contributed by atoms with Gasteiger partial charge in [-0.15, -0.1) is 0 Å². The summed E-state index contributed by atoms with van der Waals surface area (Å²) in [6.07, 6.45) is 1.23. The van der Waals surface area contributed by atoms with E-state index in [1.54, 1.807) is 13.0 Å². The van der Waals surface area contributed by atoms with Crippen molar-refractivity contribution in [1.82, 2.24) is 4.68 Å². The molecule has 0 saturated heterocycles. The predicted molar refractivity (Wildman–Crippen MR) is 69.2 cm³/mol. The van der Waals surface area contributed by atoms with Crippen molar-refractivity contribution in [1.29, 1.82) is 0 Å². The standard InChI is InChI=1S/C13H11F2N3O/c1-8-4-12(16)18(13(19)5-8)17-7-9-2-3-10(14)11(15)6-9/h2-7H,16H2,1H3/b17-7-. The third kappa shape index (κ3) is 2.85. The van der Waals surface area contributed by atoms with Crippen molar-refractivity contribution >= 4 is 12.0 Å². The molecule has 4 nitrogen and oxygen atoms in total. The van der Waals surface area contributed by atoms with E-state index in [0.717, 1.165) is 22.4 Å². The van der Waals surface area contributed by atoms with Gasteiger partial charge in [0.15, 0.2) is 11.6 Å². The molecule has 19 heavy (non-hydrogen) atoms. The van der Waals surface area contributed by atoms with Crippen LogP contribution in [0.4, 0.5) is 14.6 Å². The van der Waals surface area contributed by atoms with Crippen LogP contribution in [0.3, 0.4) is 0 Å². The SMILES string of the molecule is Cc1cc(N)n(/N=C\c2ccc(F)c(F)c2)c(=O)c1. The van der Waals surface area contributed by atoms with E-state index in [9.17, 15) is 13.6 Å². The third-order valence-electron chi connectivity index (χ3n) is 2.45. The maximum atomic E-state index is 13.0. The summed E-state index contributed by atoms with van der Waals surface area (Å²) in [7, 11) is 0. The highest BCUT2D eigenvalue weighted by atomic mass is 19.2. The van der Waals surface area contributed by atoms with Crippen molar-refractivity contribution < 1.29 is 8.78 Å². The first-order valence-electron chi connectivity index (χ1n) is 5.46. The van der Waals surface area contributed by atoms with E-state index >= 15 is 0 Å². The topological polar surface area (TPSA) is 60.4 Å². The first-order valence-corrected chi connectivity index (χ1v) is 5.46. The zero-order valence-corrected chi connectivity index (χ0v) is 10.1.